The van der Waals surface area contributed by atoms with Gasteiger partial charge in [-0.15, -0.1) is 0 Å². The van der Waals surface area contributed by atoms with Crippen LogP contribution in [0.3, 0.4) is 0 Å². The van der Waals surface area contributed by atoms with Crippen molar-refractivity contribution in [1.82, 2.24) is 4.90 Å². The molecule has 1 aromatic carbocycles. The molecule has 2 N–H and O–H groups in total. The molecule has 3 heterocycles. The Kier molecular flexibility index (Phi) is 6.13. The molecule has 2 amide bonds. The van der Waals surface area contributed by atoms with E-state index in [1.54, 1.807) is 38.3 Å². The SMILES string of the molecule is CCOC(=O)[C@@H]1[C@H]2C(=O)N(CCCO)C(C(=O)Nc3ccc(OC)cc3)C23CC(C)[C@@]1(C)O3. The number of carbonyl (C=O) groups is 3. The van der Waals surface area contributed by atoms with Gasteiger partial charge in [-0.3, -0.25) is 14.4 Å². The zero-order valence-electron chi connectivity index (χ0n) is 19.5. The molecule has 3 aliphatic rings. The van der Waals surface area contributed by atoms with Crippen LogP contribution in [0.15, 0.2) is 24.3 Å². The smallest absolute Gasteiger partial charge is 0.312 e. The van der Waals surface area contributed by atoms with Crippen LogP contribution in [0.5, 0.6) is 5.75 Å². The van der Waals surface area contributed by atoms with Crippen LogP contribution in [0.1, 0.15) is 33.6 Å². The normalized spacial score (nSPS) is 34.3. The second kappa shape index (κ2) is 8.61. The zero-order valence-corrected chi connectivity index (χ0v) is 19.5. The van der Waals surface area contributed by atoms with E-state index in [0.717, 1.165) is 0 Å². The fourth-order valence-electron chi connectivity index (χ4n) is 6.00. The second-order valence-corrected chi connectivity index (χ2v) is 9.28. The molecule has 3 aliphatic heterocycles. The van der Waals surface area contributed by atoms with Gasteiger partial charge in [0.05, 0.1) is 25.2 Å². The summed E-state index contributed by atoms with van der Waals surface area (Å²) in [6.45, 7) is 5.82. The van der Waals surface area contributed by atoms with Gasteiger partial charge >= 0.3 is 5.97 Å². The van der Waals surface area contributed by atoms with Crippen molar-refractivity contribution in [2.45, 2.75) is 50.9 Å². The standard InChI is InChI=1S/C24H32N2O7/c1-5-32-22(30)18-17-21(29)26(11-6-12-27)19(24(17)13-14(2)23(18,3)33-24)20(28)25-15-7-9-16(31-4)10-8-15/h7-10,14,17-19,27H,5-6,11-13H2,1-4H3,(H,25,28)/t14?,17-,18-,19?,23+,24?/m0/s1. The molecule has 0 aromatic heterocycles. The predicted octanol–water partition coefficient (Wildman–Crippen LogP) is 1.59. The topological polar surface area (TPSA) is 114 Å². The van der Waals surface area contributed by atoms with Gasteiger partial charge in [-0.25, -0.2) is 0 Å². The molecule has 0 aliphatic carbocycles. The summed E-state index contributed by atoms with van der Waals surface area (Å²) in [7, 11) is 1.56. The lowest BCUT2D eigenvalue weighted by Crippen LogP contribution is -2.54. The Morgan fingerprint density at radius 1 is 1.30 bits per heavy atom. The highest BCUT2D eigenvalue weighted by Gasteiger charge is 2.80. The number of esters is 1. The summed E-state index contributed by atoms with van der Waals surface area (Å²) >= 11 is 0. The van der Waals surface area contributed by atoms with Gasteiger partial charge in [0.15, 0.2) is 0 Å². The Morgan fingerprint density at radius 3 is 2.61 bits per heavy atom. The number of aliphatic hydroxyl groups is 1. The van der Waals surface area contributed by atoms with Crippen LogP contribution in [-0.4, -0.2) is 71.9 Å². The first-order valence-corrected chi connectivity index (χ1v) is 11.5. The number of nitrogens with one attached hydrogen (secondary N) is 1. The highest BCUT2D eigenvalue weighted by atomic mass is 16.6. The van der Waals surface area contributed by atoms with E-state index < -0.39 is 35.0 Å². The minimum Gasteiger partial charge on any atom is -0.497 e. The minimum absolute atomic E-state index is 0.0509. The molecule has 6 atom stereocenters. The predicted molar refractivity (Wildman–Crippen MR) is 118 cm³/mol. The van der Waals surface area contributed by atoms with Gasteiger partial charge in [0.2, 0.25) is 11.8 Å². The summed E-state index contributed by atoms with van der Waals surface area (Å²) in [6.07, 6.45) is 0.796. The summed E-state index contributed by atoms with van der Waals surface area (Å²) in [5.74, 6) is -2.13. The highest BCUT2D eigenvalue weighted by molar-refractivity contribution is 6.03. The van der Waals surface area contributed by atoms with Crippen molar-refractivity contribution in [3.05, 3.63) is 24.3 Å². The van der Waals surface area contributed by atoms with Gasteiger partial charge in [0.1, 0.15) is 23.3 Å². The van der Waals surface area contributed by atoms with E-state index in [1.807, 2.05) is 13.8 Å². The number of likely N-dealkylation sites (tertiary alicyclic amines) is 1. The molecule has 2 bridgehead atoms. The highest BCUT2D eigenvalue weighted by Crippen LogP contribution is 2.65. The summed E-state index contributed by atoms with van der Waals surface area (Å²) in [6, 6.07) is 5.99. The molecule has 1 aromatic rings. The van der Waals surface area contributed by atoms with Gasteiger partial charge < -0.3 is 29.5 Å². The summed E-state index contributed by atoms with van der Waals surface area (Å²) in [4.78, 5) is 41.8. The van der Waals surface area contributed by atoms with Crippen molar-refractivity contribution >= 4 is 23.5 Å². The number of ether oxygens (including phenoxy) is 3. The molecule has 3 fully saturated rings. The van der Waals surface area contributed by atoms with Crippen molar-refractivity contribution in [1.29, 1.82) is 0 Å². The number of amides is 2. The Labute approximate surface area is 193 Å². The molecule has 9 heteroatoms. The number of fused-ring (bicyclic) bond motifs is 1. The third-order valence-corrected chi connectivity index (χ3v) is 7.52. The van der Waals surface area contributed by atoms with Gasteiger partial charge in [-0.2, -0.15) is 0 Å². The molecule has 33 heavy (non-hydrogen) atoms. The lowest BCUT2D eigenvalue weighted by Gasteiger charge is -2.35. The fraction of sp³-hybridized carbons (Fsp3) is 0.625. The van der Waals surface area contributed by atoms with Crippen LogP contribution >= 0.6 is 0 Å². The molecular formula is C24H32N2O7. The molecule has 9 nitrogen and oxygen atoms in total. The van der Waals surface area contributed by atoms with E-state index in [4.69, 9.17) is 14.2 Å². The fourth-order valence-corrected chi connectivity index (χ4v) is 6.00. The third kappa shape index (κ3) is 3.49. The van der Waals surface area contributed by atoms with Crippen LogP contribution in [0, 0.1) is 17.8 Å². The van der Waals surface area contributed by atoms with Crippen LogP contribution < -0.4 is 10.1 Å². The van der Waals surface area contributed by atoms with E-state index in [-0.39, 0.29) is 37.5 Å². The Hall–Kier alpha value is -2.65. The first kappa shape index (κ1) is 23.5. The summed E-state index contributed by atoms with van der Waals surface area (Å²) < 4.78 is 17.0. The average molecular weight is 461 g/mol. The van der Waals surface area contributed by atoms with E-state index in [2.05, 4.69) is 5.32 Å². The zero-order chi connectivity index (χ0) is 24.0. The van der Waals surface area contributed by atoms with Crippen molar-refractivity contribution in [2.75, 3.05) is 32.2 Å². The van der Waals surface area contributed by atoms with E-state index in [9.17, 15) is 19.5 Å². The van der Waals surface area contributed by atoms with Crippen molar-refractivity contribution in [2.24, 2.45) is 17.8 Å². The Morgan fingerprint density at radius 2 is 2.00 bits per heavy atom. The first-order valence-electron chi connectivity index (χ1n) is 11.5. The number of benzene rings is 1. The largest absolute Gasteiger partial charge is 0.497 e. The van der Waals surface area contributed by atoms with E-state index in [0.29, 0.717) is 24.3 Å². The van der Waals surface area contributed by atoms with Crippen molar-refractivity contribution in [3.63, 3.8) is 0 Å². The van der Waals surface area contributed by atoms with Crippen LogP contribution in [0.4, 0.5) is 5.69 Å². The van der Waals surface area contributed by atoms with Gasteiger partial charge in [-0.1, -0.05) is 6.92 Å². The maximum absolute atomic E-state index is 13.7. The molecule has 3 unspecified atom stereocenters. The minimum atomic E-state index is -1.13. The van der Waals surface area contributed by atoms with Gasteiger partial charge in [0, 0.05) is 18.8 Å². The third-order valence-electron chi connectivity index (χ3n) is 7.52. The number of hydrogen-bond acceptors (Lipinski definition) is 7. The van der Waals surface area contributed by atoms with Gasteiger partial charge in [-0.05, 0) is 56.9 Å². The van der Waals surface area contributed by atoms with Gasteiger partial charge in [0.25, 0.3) is 0 Å². The van der Waals surface area contributed by atoms with E-state index in [1.165, 1.54) is 4.90 Å². The Bertz CT molecular complexity index is 935. The number of methoxy groups -OCH3 is 1. The number of carbonyl (C=O) groups excluding carboxylic acids is 3. The number of anilines is 1. The van der Waals surface area contributed by atoms with E-state index >= 15 is 0 Å². The number of rotatable bonds is 8. The maximum Gasteiger partial charge on any atom is 0.312 e. The summed E-state index contributed by atoms with van der Waals surface area (Å²) in [5, 5.41) is 12.3. The molecule has 180 valence electrons. The quantitative estimate of drug-likeness (QED) is 0.566. The monoisotopic (exact) mass is 460 g/mol. The van der Waals surface area contributed by atoms with Crippen LogP contribution in [-0.2, 0) is 23.9 Å². The maximum atomic E-state index is 13.7. The van der Waals surface area contributed by atoms with Crippen molar-refractivity contribution in [3.8, 4) is 5.75 Å². The molecule has 4 rings (SSSR count). The average Bonchev–Trinajstić information content (AvgIpc) is 3.29. The lowest BCUT2D eigenvalue weighted by atomic mass is 9.62. The number of aliphatic hydroxyl groups excluding tert-OH is 1. The summed E-state index contributed by atoms with van der Waals surface area (Å²) in [5.41, 5.74) is -1.47. The van der Waals surface area contributed by atoms with Crippen LogP contribution in [0.2, 0.25) is 0 Å². The Balaban J connectivity index is 1.72. The molecular weight excluding hydrogens is 428 g/mol. The second-order valence-electron chi connectivity index (χ2n) is 9.28. The number of nitrogens with zero attached hydrogens (tertiary/aromatic N) is 1. The van der Waals surface area contributed by atoms with Crippen molar-refractivity contribution < 1.29 is 33.7 Å². The molecule has 1 spiro atoms. The first-order chi connectivity index (χ1) is 15.7. The molecule has 3 saturated heterocycles. The van der Waals surface area contributed by atoms with Crippen LogP contribution in [0.25, 0.3) is 0 Å². The number of hydrogen-bond donors (Lipinski definition) is 2. The molecule has 0 radical (unpaired) electrons. The molecule has 0 saturated carbocycles. The lowest BCUT2D eigenvalue weighted by molar-refractivity contribution is -0.160.